The van der Waals surface area contributed by atoms with E-state index in [4.69, 9.17) is 15.9 Å². The zero-order valence-corrected chi connectivity index (χ0v) is 13.7. The Bertz CT molecular complexity index is 854. The van der Waals surface area contributed by atoms with E-state index < -0.39 is 0 Å². The number of allylic oxidation sites excluding steroid dienone is 1. The number of rotatable bonds is 0. The van der Waals surface area contributed by atoms with Crippen LogP contribution in [-0.4, -0.2) is 5.90 Å². The van der Waals surface area contributed by atoms with Crippen molar-refractivity contribution in [2.24, 2.45) is 5.73 Å². The highest BCUT2D eigenvalue weighted by atomic mass is 79.9. The van der Waals surface area contributed by atoms with Gasteiger partial charge in [0.15, 0.2) is 0 Å². The Balaban J connectivity index is 2.04. The molecule has 0 saturated heterocycles. The van der Waals surface area contributed by atoms with Gasteiger partial charge in [0.2, 0.25) is 5.90 Å². The Morgan fingerprint density at radius 3 is 2.82 bits per heavy atom. The molecule has 0 amide bonds. The SMILES string of the molecule is Cc1ccc2c(c1)[C@@H]1C(=C(N)Cc3ccc(Br)cc31)C(=N)O2. The van der Waals surface area contributed by atoms with Crippen LogP contribution in [0.5, 0.6) is 5.75 Å². The summed E-state index contributed by atoms with van der Waals surface area (Å²) in [4.78, 5) is 0. The second-order valence-electron chi connectivity index (χ2n) is 5.86. The minimum atomic E-state index is -0.0163. The fraction of sp³-hybridized carbons (Fsp3) is 0.167. The van der Waals surface area contributed by atoms with Crippen molar-refractivity contribution in [3.63, 3.8) is 0 Å². The maximum atomic E-state index is 8.25. The number of aryl methyl sites for hydroxylation is 1. The molecule has 22 heavy (non-hydrogen) atoms. The molecule has 3 N–H and O–H groups in total. The van der Waals surface area contributed by atoms with E-state index in [0.717, 1.165) is 27.1 Å². The molecule has 1 aliphatic heterocycles. The number of ether oxygens (including phenoxy) is 1. The molecule has 0 spiro atoms. The molecule has 110 valence electrons. The molecule has 2 aliphatic rings. The summed E-state index contributed by atoms with van der Waals surface area (Å²) in [5.74, 6) is 0.909. The quantitative estimate of drug-likeness (QED) is 0.750. The lowest BCUT2D eigenvalue weighted by Gasteiger charge is -2.35. The molecule has 4 heteroatoms. The first kappa shape index (κ1) is 13.6. The molecule has 0 fully saturated rings. The van der Waals surface area contributed by atoms with Crippen LogP contribution in [0.15, 0.2) is 52.1 Å². The Hall–Kier alpha value is -2.07. The van der Waals surface area contributed by atoms with E-state index in [1.807, 2.05) is 18.2 Å². The first-order valence-electron chi connectivity index (χ1n) is 7.19. The van der Waals surface area contributed by atoms with Gasteiger partial charge < -0.3 is 10.5 Å². The van der Waals surface area contributed by atoms with Gasteiger partial charge in [-0.25, -0.2) is 0 Å². The molecule has 0 radical (unpaired) electrons. The molecular weight excluding hydrogens is 340 g/mol. The fourth-order valence-corrected chi connectivity index (χ4v) is 3.77. The second-order valence-corrected chi connectivity index (χ2v) is 6.78. The molecule has 0 unspecified atom stereocenters. The van der Waals surface area contributed by atoms with E-state index >= 15 is 0 Å². The van der Waals surface area contributed by atoms with Crippen molar-refractivity contribution in [1.82, 2.24) is 0 Å². The van der Waals surface area contributed by atoms with E-state index in [1.165, 1.54) is 16.7 Å². The predicted octanol–water partition coefficient (Wildman–Crippen LogP) is 4.03. The van der Waals surface area contributed by atoms with E-state index in [0.29, 0.717) is 6.42 Å². The van der Waals surface area contributed by atoms with Crippen molar-refractivity contribution in [2.75, 3.05) is 0 Å². The molecule has 2 aromatic rings. The first-order chi connectivity index (χ1) is 10.5. The van der Waals surface area contributed by atoms with Gasteiger partial charge >= 0.3 is 0 Å². The highest BCUT2D eigenvalue weighted by molar-refractivity contribution is 9.10. The number of fused-ring (bicyclic) bond motifs is 5. The Morgan fingerprint density at radius 2 is 2.00 bits per heavy atom. The second kappa shape index (κ2) is 4.71. The van der Waals surface area contributed by atoms with E-state index in [2.05, 4.69) is 41.1 Å². The average Bonchev–Trinajstić information content (AvgIpc) is 2.48. The van der Waals surface area contributed by atoms with Crippen LogP contribution in [0.3, 0.4) is 0 Å². The lowest BCUT2D eigenvalue weighted by Crippen LogP contribution is -2.31. The normalized spacial score (nSPS) is 19.2. The fourth-order valence-electron chi connectivity index (χ4n) is 3.39. The van der Waals surface area contributed by atoms with Crippen LogP contribution >= 0.6 is 15.9 Å². The van der Waals surface area contributed by atoms with Gasteiger partial charge in [-0.3, -0.25) is 5.41 Å². The van der Waals surface area contributed by atoms with Crippen LogP contribution in [0.25, 0.3) is 0 Å². The van der Waals surface area contributed by atoms with Crippen LogP contribution in [-0.2, 0) is 6.42 Å². The van der Waals surface area contributed by atoms with Gasteiger partial charge in [-0.05, 0) is 36.2 Å². The van der Waals surface area contributed by atoms with Gasteiger partial charge in [-0.15, -0.1) is 0 Å². The number of hydrogen-bond acceptors (Lipinski definition) is 3. The average molecular weight is 355 g/mol. The highest BCUT2D eigenvalue weighted by Crippen LogP contribution is 2.47. The minimum absolute atomic E-state index is 0.0163. The van der Waals surface area contributed by atoms with Gasteiger partial charge in [-0.1, -0.05) is 39.7 Å². The molecule has 0 aromatic heterocycles. The summed E-state index contributed by atoms with van der Waals surface area (Å²) in [6, 6.07) is 12.4. The number of nitrogens with two attached hydrogens (primary N) is 1. The minimum Gasteiger partial charge on any atom is -0.439 e. The number of nitrogens with one attached hydrogen (secondary N) is 1. The smallest absolute Gasteiger partial charge is 0.217 e. The number of halogens is 1. The van der Waals surface area contributed by atoms with Gasteiger partial charge in [0.25, 0.3) is 0 Å². The summed E-state index contributed by atoms with van der Waals surface area (Å²) in [5, 5.41) is 8.25. The lowest BCUT2D eigenvalue weighted by atomic mass is 9.75. The van der Waals surface area contributed by atoms with Crippen LogP contribution < -0.4 is 10.5 Å². The summed E-state index contributed by atoms with van der Waals surface area (Å²) < 4.78 is 6.75. The monoisotopic (exact) mass is 354 g/mol. The van der Waals surface area contributed by atoms with Crippen molar-refractivity contribution in [1.29, 1.82) is 5.41 Å². The van der Waals surface area contributed by atoms with Crippen LogP contribution in [0, 0.1) is 12.3 Å². The Kier molecular flexibility index (Phi) is 2.91. The zero-order chi connectivity index (χ0) is 15.4. The molecule has 1 heterocycles. The van der Waals surface area contributed by atoms with Crippen LogP contribution in [0.4, 0.5) is 0 Å². The summed E-state index contributed by atoms with van der Waals surface area (Å²) in [7, 11) is 0. The van der Waals surface area contributed by atoms with Gasteiger partial charge in [0.1, 0.15) is 5.75 Å². The maximum Gasteiger partial charge on any atom is 0.217 e. The molecule has 1 atom stereocenters. The maximum absolute atomic E-state index is 8.25. The molecule has 0 saturated carbocycles. The third-order valence-electron chi connectivity index (χ3n) is 4.37. The van der Waals surface area contributed by atoms with E-state index in [9.17, 15) is 0 Å². The molecule has 2 aromatic carbocycles. The Morgan fingerprint density at radius 1 is 1.18 bits per heavy atom. The molecular formula is C18H15BrN2O. The van der Waals surface area contributed by atoms with Crippen LogP contribution in [0.1, 0.15) is 28.2 Å². The van der Waals surface area contributed by atoms with Crippen molar-refractivity contribution < 1.29 is 4.74 Å². The van der Waals surface area contributed by atoms with Crippen molar-refractivity contribution >= 4 is 21.8 Å². The van der Waals surface area contributed by atoms with E-state index in [-0.39, 0.29) is 11.8 Å². The molecule has 4 rings (SSSR count). The van der Waals surface area contributed by atoms with Gasteiger partial charge in [-0.2, -0.15) is 0 Å². The zero-order valence-electron chi connectivity index (χ0n) is 12.1. The van der Waals surface area contributed by atoms with Gasteiger partial charge in [0, 0.05) is 33.6 Å². The standard InChI is InChI=1S/C18H15BrN2O/c1-9-2-5-15-13(6-9)16-12-8-11(19)4-3-10(12)7-14(20)17(16)18(21)22-15/h2-6,8,16,21H,7,20H2,1H3/t16-/m1/s1. The molecule has 0 bridgehead atoms. The third-order valence-corrected chi connectivity index (χ3v) is 4.86. The number of hydrogen-bond donors (Lipinski definition) is 2. The van der Waals surface area contributed by atoms with E-state index in [1.54, 1.807) is 0 Å². The van der Waals surface area contributed by atoms with Crippen molar-refractivity contribution in [3.8, 4) is 5.75 Å². The predicted molar refractivity (Wildman–Crippen MR) is 90.4 cm³/mol. The Labute approximate surface area is 137 Å². The largest absolute Gasteiger partial charge is 0.439 e. The molecule has 1 aliphatic carbocycles. The summed E-state index contributed by atoms with van der Waals surface area (Å²) in [6.45, 7) is 2.07. The number of benzene rings is 2. The van der Waals surface area contributed by atoms with Gasteiger partial charge in [0.05, 0.1) is 0 Å². The first-order valence-corrected chi connectivity index (χ1v) is 7.98. The van der Waals surface area contributed by atoms with Crippen molar-refractivity contribution in [2.45, 2.75) is 19.3 Å². The molecule has 3 nitrogen and oxygen atoms in total. The summed E-state index contributed by atoms with van der Waals surface area (Å²) in [6.07, 6.45) is 0.668. The summed E-state index contributed by atoms with van der Waals surface area (Å²) in [5.41, 5.74) is 12.5. The summed E-state index contributed by atoms with van der Waals surface area (Å²) >= 11 is 3.56. The lowest BCUT2D eigenvalue weighted by molar-refractivity contribution is 0.510. The topological polar surface area (TPSA) is 59.1 Å². The highest BCUT2D eigenvalue weighted by Gasteiger charge is 2.37. The third kappa shape index (κ3) is 1.91. The van der Waals surface area contributed by atoms with Crippen molar-refractivity contribution in [3.05, 3.63) is 74.4 Å². The van der Waals surface area contributed by atoms with Crippen LogP contribution in [0.2, 0.25) is 0 Å².